The molecular weight excluding hydrogens is 234 g/mol. The summed E-state index contributed by atoms with van der Waals surface area (Å²) in [5.74, 6) is -0.0279. The van der Waals surface area contributed by atoms with E-state index in [-0.39, 0.29) is 11.9 Å². The van der Waals surface area contributed by atoms with Crippen LogP contribution < -0.4 is 5.32 Å². The molecule has 0 radical (unpaired) electrons. The molecule has 1 unspecified atom stereocenters. The van der Waals surface area contributed by atoms with E-state index in [9.17, 15) is 4.79 Å². The zero-order valence-corrected chi connectivity index (χ0v) is 10.9. The molecular formula is C12H15N3OS. The highest BCUT2D eigenvalue weighted by molar-refractivity contribution is 7.14. The summed E-state index contributed by atoms with van der Waals surface area (Å²) in [6.45, 7) is 5.98. The van der Waals surface area contributed by atoms with E-state index in [1.54, 1.807) is 12.4 Å². The molecule has 1 atom stereocenters. The van der Waals surface area contributed by atoms with Gasteiger partial charge < -0.3 is 5.32 Å². The van der Waals surface area contributed by atoms with Crippen LogP contribution in [0.25, 0.3) is 0 Å². The molecule has 0 saturated heterocycles. The molecule has 2 aromatic heterocycles. The number of nitrogens with one attached hydrogen (secondary N) is 2. The van der Waals surface area contributed by atoms with Crippen LogP contribution in [0.5, 0.6) is 0 Å². The SMILES string of the molecule is Cc1cc(C(=O)NC(C)c2cn[nH]c2)sc1C. The molecule has 90 valence electrons. The Morgan fingerprint density at radius 1 is 1.53 bits per heavy atom. The second-order valence-electron chi connectivity index (χ2n) is 4.08. The van der Waals surface area contributed by atoms with Gasteiger partial charge in [0.25, 0.3) is 5.91 Å². The molecule has 2 rings (SSSR count). The van der Waals surface area contributed by atoms with Crippen LogP contribution >= 0.6 is 11.3 Å². The largest absolute Gasteiger partial charge is 0.345 e. The Labute approximate surface area is 104 Å². The second kappa shape index (κ2) is 4.71. The molecule has 2 heterocycles. The first kappa shape index (κ1) is 11.9. The lowest BCUT2D eigenvalue weighted by Crippen LogP contribution is -2.25. The average Bonchev–Trinajstić information content (AvgIpc) is 2.89. The van der Waals surface area contributed by atoms with Gasteiger partial charge in [0.2, 0.25) is 0 Å². The standard InChI is InChI=1S/C12H15N3OS/c1-7-4-11(17-9(7)3)12(16)15-8(2)10-5-13-14-6-10/h4-6,8H,1-3H3,(H,13,14)(H,15,16). The lowest BCUT2D eigenvalue weighted by molar-refractivity contribution is 0.0944. The molecule has 2 N–H and O–H groups in total. The Balaban J connectivity index is 2.07. The van der Waals surface area contributed by atoms with E-state index < -0.39 is 0 Å². The van der Waals surface area contributed by atoms with Gasteiger partial charge in [-0.3, -0.25) is 9.89 Å². The smallest absolute Gasteiger partial charge is 0.261 e. The molecule has 0 spiro atoms. The molecule has 0 saturated carbocycles. The van der Waals surface area contributed by atoms with Crippen LogP contribution in [0.3, 0.4) is 0 Å². The zero-order valence-electron chi connectivity index (χ0n) is 10.1. The van der Waals surface area contributed by atoms with Crippen molar-refractivity contribution in [2.75, 3.05) is 0 Å². The first-order valence-electron chi connectivity index (χ1n) is 5.44. The molecule has 0 bridgehead atoms. The molecule has 17 heavy (non-hydrogen) atoms. The van der Waals surface area contributed by atoms with Gasteiger partial charge >= 0.3 is 0 Å². The van der Waals surface area contributed by atoms with Crippen LogP contribution in [0.15, 0.2) is 18.5 Å². The van der Waals surface area contributed by atoms with Gasteiger partial charge in [-0.25, -0.2) is 0 Å². The van der Waals surface area contributed by atoms with E-state index >= 15 is 0 Å². The quantitative estimate of drug-likeness (QED) is 0.878. The number of carbonyl (C=O) groups is 1. The number of aromatic amines is 1. The van der Waals surface area contributed by atoms with Crippen LogP contribution in [-0.4, -0.2) is 16.1 Å². The number of amides is 1. The minimum absolute atomic E-state index is 0.0279. The Morgan fingerprint density at radius 3 is 2.82 bits per heavy atom. The molecule has 0 aliphatic heterocycles. The normalized spacial score (nSPS) is 12.4. The van der Waals surface area contributed by atoms with Crippen molar-refractivity contribution < 1.29 is 4.79 Å². The predicted molar refractivity (Wildman–Crippen MR) is 68.3 cm³/mol. The van der Waals surface area contributed by atoms with Gasteiger partial charge in [0, 0.05) is 16.6 Å². The molecule has 0 aromatic carbocycles. The number of hydrogen-bond acceptors (Lipinski definition) is 3. The van der Waals surface area contributed by atoms with Gasteiger partial charge in [0.1, 0.15) is 0 Å². The summed E-state index contributed by atoms with van der Waals surface area (Å²) in [5.41, 5.74) is 2.14. The first-order chi connectivity index (χ1) is 8.08. The van der Waals surface area contributed by atoms with Crippen LogP contribution in [0.4, 0.5) is 0 Å². The highest BCUT2D eigenvalue weighted by Crippen LogP contribution is 2.21. The molecule has 1 amide bonds. The van der Waals surface area contributed by atoms with Crippen molar-refractivity contribution in [2.24, 2.45) is 0 Å². The number of aryl methyl sites for hydroxylation is 2. The van der Waals surface area contributed by atoms with Crippen LogP contribution in [0.2, 0.25) is 0 Å². The van der Waals surface area contributed by atoms with Crippen molar-refractivity contribution in [1.29, 1.82) is 0 Å². The van der Waals surface area contributed by atoms with E-state index in [4.69, 9.17) is 0 Å². The van der Waals surface area contributed by atoms with E-state index in [0.29, 0.717) is 0 Å². The van der Waals surface area contributed by atoms with Gasteiger partial charge in [-0.05, 0) is 32.4 Å². The lowest BCUT2D eigenvalue weighted by Gasteiger charge is -2.10. The third kappa shape index (κ3) is 2.55. The number of rotatable bonds is 3. The number of carbonyl (C=O) groups excluding carboxylic acids is 1. The van der Waals surface area contributed by atoms with Crippen LogP contribution in [0.1, 0.15) is 38.6 Å². The number of hydrogen-bond donors (Lipinski definition) is 2. The minimum atomic E-state index is -0.0380. The van der Waals surface area contributed by atoms with E-state index in [0.717, 1.165) is 16.0 Å². The summed E-state index contributed by atoms with van der Waals surface area (Å²) in [5, 5.41) is 9.56. The highest BCUT2D eigenvalue weighted by atomic mass is 32.1. The maximum atomic E-state index is 12.0. The third-order valence-electron chi connectivity index (χ3n) is 2.76. The maximum Gasteiger partial charge on any atom is 0.261 e. The summed E-state index contributed by atoms with van der Waals surface area (Å²) in [4.78, 5) is 13.9. The topological polar surface area (TPSA) is 57.8 Å². The van der Waals surface area contributed by atoms with E-state index in [2.05, 4.69) is 15.5 Å². The van der Waals surface area contributed by atoms with Gasteiger partial charge in [-0.2, -0.15) is 5.10 Å². The number of thiophene rings is 1. The monoisotopic (exact) mass is 249 g/mol. The molecule has 5 heteroatoms. The minimum Gasteiger partial charge on any atom is -0.345 e. The van der Waals surface area contributed by atoms with Gasteiger partial charge in [-0.15, -0.1) is 11.3 Å². The van der Waals surface area contributed by atoms with Crippen molar-refractivity contribution in [2.45, 2.75) is 26.8 Å². The Hall–Kier alpha value is -1.62. The average molecular weight is 249 g/mol. The molecule has 0 aliphatic rings. The van der Waals surface area contributed by atoms with Crippen molar-refractivity contribution >= 4 is 17.2 Å². The fourth-order valence-corrected chi connectivity index (χ4v) is 2.47. The van der Waals surface area contributed by atoms with Crippen molar-refractivity contribution in [3.8, 4) is 0 Å². The van der Waals surface area contributed by atoms with Gasteiger partial charge in [-0.1, -0.05) is 0 Å². The summed E-state index contributed by atoms with van der Waals surface area (Å²) in [6, 6.07) is 1.89. The summed E-state index contributed by atoms with van der Waals surface area (Å²) >= 11 is 1.53. The first-order valence-corrected chi connectivity index (χ1v) is 6.26. The fraction of sp³-hybridized carbons (Fsp3) is 0.333. The molecule has 0 fully saturated rings. The number of H-pyrrole nitrogens is 1. The van der Waals surface area contributed by atoms with Crippen LogP contribution in [0, 0.1) is 13.8 Å². The van der Waals surface area contributed by atoms with Crippen LogP contribution in [-0.2, 0) is 0 Å². The maximum absolute atomic E-state index is 12.0. The van der Waals surface area contributed by atoms with Crippen molar-refractivity contribution in [1.82, 2.24) is 15.5 Å². The number of nitrogens with zero attached hydrogens (tertiary/aromatic N) is 1. The predicted octanol–water partition coefficient (Wildman–Crippen LogP) is 2.58. The van der Waals surface area contributed by atoms with Crippen molar-refractivity contribution in [3.05, 3.63) is 39.3 Å². The highest BCUT2D eigenvalue weighted by Gasteiger charge is 2.14. The van der Waals surface area contributed by atoms with Gasteiger partial charge in [0.15, 0.2) is 0 Å². The van der Waals surface area contributed by atoms with E-state index in [1.165, 1.54) is 16.2 Å². The molecule has 4 nitrogen and oxygen atoms in total. The zero-order chi connectivity index (χ0) is 12.4. The molecule has 0 aliphatic carbocycles. The Morgan fingerprint density at radius 2 is 2.29 bits per heavy atom. The summed E-state index contributed by atoms with van der Waals surface area (Å²) in [6.07, 6.45) is 3.51. The Kier molecular flexibility index (Phi) is 3.28. The summed E-state index contributed by atoms with van der Waals surface area (Å²) in [7, 11) is 0. The lowest BCUT2D eigenvalue weighted by atomic mass is 10.2. The van der Waals surface area contributed by atoms with Crippen molar-refractivity contribution in [3.63, 3.8) is 0 Å². The second-order valence-corrected chi connectivity index (χ2v) is 5.33. The number of aromatic nitrogens is 2. The Bertz CT molecular complexity index is 496. The molecule has 2 aromatic rings. The van der Waals surface area contributed by atoms with Gasteiger partial charge in [0.05, 0.1) is 17.1 Å². The van der Waals surface area contributed by atoms with E-state index in [1.807, 2.05) is 26.8 Å². The third-order valence-corrected chi connectivity index (χ3v) is 3.91. The fourth-order valence-electron chi connectivity index (χ4n) is 1.53. The summed E-state index contributed by atoms with van der Waals surface area (Å²) < 4.78 is 0.